The lowest BCUT2D eigenvalue weighted by Gasteiger charge is -2.07. The van der Waals surface area contributed by atoms with Crippen molar-refractivity contribution >= 4 is 23.5 Å². The van der Waals surface area contributed by atoms with Crippen LogP contribution in [0.25, 0.3) is 23.5 Å². The Kier molecular flexibility index (Phi) is 3.63. The average molecular weight is 329 g/mol. The maximum atomic E-state index is 12.6. The van der Waals surface area contributed by atoms with Gasteiger partial charge in [0.15, 0.2) is 5.65 Å². The van der Waals surface area contributed by atoms with Gasteiger partial charge in [-0.2, -0.15) is 4.52 Å². The van der Waals surface area contributed by atoms with Gasteiger partial charge in [0.1, 0.15) is 0 Å². The summed E-state index contributed by atoms with van der Waals surface area (Å²) in [7, 11) is 0. The maximum absolute atomic E-state index is 12.6. The number of hydrogen-bond acceptors (Lipinski definition) is 4. The molecule has 0 bridgehead atoms. The van der Waals surface area contributed by atoms with Crippen LogP contribution in [0, 0.1) is 0 Å². The van der Waals surface area contributed by atoms with Gasteiger partial charge in [0, 0.05) is 30.2 Å². The molecule has 3 aromatic heterocycles. The molecule has 1 aromatic carbocycles. The number of benzene rings is 1. The van der Waals surface area contributed by atoms with Crippen LogP contribution in [-0.2, 0) is 0 Å². The molecule has 6 heteroatoms. The Morgan fingerprint density at radius 3 is 2.52 bits per heavy atom. The highest BCUT2D eigenvalue weighted by Crippen LogP contribution is 2.13. The van der Waals surface area contributed by atoms with Gasteiger partial charge < -0.3 is 5.73 Å². The second-order valence-electron chi connectivity index (χ2n) is 5.53. The van der Waals surface area contributed by atoms with Crippen molar-refractivity contribution in [3.8, 4) is 5.69 Å². The third-order valence-electron chi connectivity index (χ3n) is 3.79. The fourth-order valence-corrected chi connectivity index (χ4v) is 2.60. The van der Waals surface area contributed by atoms with E-state index in [-0.39, 0.29) is 5.56 Å². The standard InChI is InChI=1S/C19H15N5O/c20-14-4-8-17(9-5-14)23-12-10-18-22-16(13-19(25)24(18)23)7-6-15-3-1-2-11-21-15/h1-13H,20H2. The zero-order valence-corrected chi connectivity index (χ0v) is 13.3. The average Bonchev–Trinajstić information content (AvgIpc) is 3.06. The SMILES string of the molecule is Nc1ccc(-n2ccc3nc(C=Cc4ccccn4)cc(=O)n32)cc1. The molecule has 0 fully saturated rings. The van der Waals surface area contributed by atoms with E-state index in [1.54, 1.807) is 35.2 Å². The van der Waals surface area contributed by atoms with Gasteiger partial charge in [-0.1, -0.05) is 6.07 Å². The van der Waals surface area contributed by atoms with Crippen LogP contribution in [0.1, 0.15) is 11.4 Å². The Balaban J connectivity index is 1.76. The molecule has 3 heterocycles. The summed E-state index contributed by atoms with van der Waals surface area (Å²) < 4.78 is 3.26. The summed E-state index contributed by atoms with van der Waals surface area (Å²) in [4.78, 5) is 21.3. The molecule has 0 amide bonds. The summed E-state index contributed by atoms with van der Waals surface area (Å²) in [6, 6.07) is 16.3. The van der Waals surface area contributed by atoms with E-state index < -0.39 is 0 Å². The van der Waals surface area contributed by atoms with Gasteiger partial charge in [-0.05, 0) is 48.6 Å². The smallest absolute Gasteiger partial charge is 0.273 e. The first-order valence-corrected chi connectivity index (χ1v) is 7.77. The predicted octanol–water partition coefficient (Wildman–Crippen LogP) is 2.63. The van der Waals surface area contributed by atoms with Crippen molar-refractivity contribution in [2.75, 3.05) is 5.73 Å². The summed E-state index contributed by atoms with van der Waals surface area (Å²) in [5, 5.41) is 0. The first-order valence-electron chi connectivity index (χ1n) is 7.77. The molecular weight excluding hydrogens is 314 g/mol. The van der Waals surface area contributed by atoms with Crippen LogP contribution in [0.4, 0.5) is 5.69 Å². The van der Waals surface area contributed by atoms with E-state index in [9.17, 15) is 4.79 Å². The third kappa shape index (κ3) is 2.92. The number of fused-ring (bicyclic) bond motifs is 1. The molecule has 4 aromatic rings. The second kappa shape index (κ2) is 6.09. The number of nitrogens with zero attached hydrogens (tertiary/aromatic N) is 4. The summed E-state index contributed by atoms with van der Waals surface area (Å²) in [6.45, 7) is 0. The van der Waals surface area contributed by atoms with Crippen molar-refractivity contribution in [1.82, 2.24) is 19.2 Å². The fourth-order valence-electron chi connectivity index (χ4n) is 2.60. The monoisotopic (exact) mass is 329 g/mol. The Morgan fingerprint density at radius 2 is 1.76 bits per heavy atom. The van der Waals surface area contributed by atoms with E-state index in [1.165, 1.54) is 10.6 Å². The number of aromatic nitrogens is 4. The van der Waals surface area contributed by atoms with Crippen molar-refractivity contribution in [2.24, 2.45) is 0 Å². The van der Waals surface area contributed by atoms with Gasteiger partial charge in [-0.3, -0.25) is 14.5 Å². The van der Waals surface area contributed by atoms with Crippen LogP contribution >= 0.6 is 0 Å². The molecule has 6 nitrogen and oxygen atoms in total. The van der Waals surface area contributed by atoms with Crippen LogP contribution in [0.5, 0.6) is 0 Å². The Morgan fingerprint density at radius 1 is 0.960 bits per heavy atom. The third-order valence-corrected chi connectivity index (χ3v) is 3.79. The highest BCUT2D eigenvalue weighted by molar-refractivity contribution is 5.66. The highest BCUT2D eigenvalue weighted by Gasteiger charge is 2.07. The lowest BCUT2D eigenvalue weighted by molar-refractivity contribution is 0.763. The van der Waals surface area contributed by atoms with Gasteiger partial charge in [-0.25, -0.2) is 4.98 Å². The number of hydrogen-bond donors (Lipinski definition) is 1. The zero-order chi connectivity index (χ0) is 17.2. The zero-order valence-electron chi connectivity index (χ0n) is 13.3. The molecule has 0 unspecified atom stereocenters. The van der Waals surface area contributed by atoms with Crippen molar-refractivity contribution in [2.45, 2.75) is 0 Å². The van der Waals surface area contributed by atoms with E-state index in [4.69, 9.17) is 5.73 Å². The number of anilines is 1. The van der Waals surface area contributed by atoms with Gasteiger partial charge in [0.2, 0.25) is 0 Å². The number of rotatable bonds is 3. The van der Waals surface area contributed by atoms with Crippen LogP contribution in [-0.4, -0.2) is 19.2 Å². The summed E-state index contributed by atoms with van der Waals surface area (Å²) >= 11 is 0. The maximum Gasteiger partial charge on any atom is 0.273 e. The normalized spacial score (nSPS) is 11.4. The molecule has 0 aliphatic carbocycles. The topological polar surface area (TPSA) is 78.2 Å². The van der Waals surface area contributed by atoms with Gasteiger partial charge in [0.05, 0.1) is 17.1 Å². The molecule has 25 heavy (non-hydrogen) atoms. The molecule has 122 valence electrons. The highest BCUT2D eigenvalue weighted by atomic mass is 16.1. The first-order chi connectivity index (χ1) is 12.2. The molecule has 0 saturated carbocycles. The Hall–Kier alpha value is -3.67. The molecule has 0 spiro atoms. The molecule has 4 rings (SSSR count). The quantitative estimate of drug-likeness (QED) is 0.586. The van der Waals surface area contributed by atoms with E-state index >= 15 is 0 Å². The molecule has 0 atom stereocenters. The van der Waals surface area contributed by atoms with Gasteiger partial charge in [-0.15, -0.1) is 0 Å². The van der Waals surface area contributed by atoms with Crippen LogP contribution in [0.3, 0.4) is 0 Å². The summed E-state index contributed by atoms with van der Waals surface area (Å²) in [5.41, 5.74) is 9.04. The minimum atomic E-state index is -0.160. The fraction of sp³-hybridized carbons (Fsp3) is 0. The lowest BCUT2D eigenvalue weighted by atomic mass is 10.3. The lowest BCUT2D eigenvalue weighted by Crippen LogP contribution is -2.19. The van der Waals surface area contributed by atoms with Crippen molar-refractivity contribution in [3.05, 3.63) is 88.7 Å². The Labute approximate surface area is 143 Å². The Bertz CT molecular complexity index is 1110. The number of nitrogen functional groups attached to an aromatic ring is 1. The number of nitrogens with two attached hydrogens (primary N) is 1. The first kappa shape index (κ1) is 14.9. The van der Waals surface area contributed by atoms with Crippen LogP contribution < -0.4 is 11.3 Å². The minimum Gasteiger partial charge on any atom is -0.399 e. The van der Waals surface area contributed by atoms with Crippen molar-refractivity contribution in [3.63, 3.8) is 0 Å². The van der Waals surface area contributed by atoms with Crippen LogP contribution in [0.2, 0.25) is 0 Å². The minimum absolute atomic E-state index is 0.160. The second-order valence-corrected chi connectivity index (χ2v) is 5.53. The molecule has 0 aliphatic heterocycles. The summed E-state index contributed by atoms with van der Waals surface area (Å²) in [6.07, 6.45) is 7.14. The van der Waals surface area contributed by atoms with Crippen molar-refractivity contribution in [1.29, 1.82) is 0 Å². The summed E-state index contributed by atoms with van der Waals surface area (Å²) in [5.74, 6) is 0. The molecule has 0 aliphatic rings. The molecule has 0 radical (unpaired) electrons. The van der Waals surface area contributed by atoms with E-state index in [2.05, 4.69) is 9.97 Å². The predicted molar refractivity (Wildman–Crippen MR) is 98.4 cm³/mol. The van der Waals surface area contributed by atoms with Crippen molar-refractivity contribution < 1.29 is 0 Å². The molecule has 2 N–H and O–H groups in total. The van der Waals surface area contributed by atoms with Gasteiger partial charge >= 0.3 is 0 Å². The van der Waals surface area contributed by atoms with E-state index in [0.717, 1.165) is 11.4 Å². The van der Waals surface area contributed by atoms with Gasteiger partial charge in [0.25, 0.3) is 5.56 Å². The molecule has 0 saturated heterocycles. The van der Waals surface area contributed by atoms with Crippen LogP contribution in [0.15, 0.2) is 71.8 Å². The molecular formula is C19H15N5O. The largest absolute Gasteiger partial charge is 0.399 e. The van der Waals surface area contributed by atoms with E-state index in [0.29, 0.717) is 17.0 Å². The van der Waals surface area contributed by atoms with E-state index in [1.807, 2.05) is 42.6 Å². The number of pyridine rings is 1.